The largest absolute Gasteiger partial charge is 0.483 e. The second-order valence-corrected chi connectivity index (χ2v) is 6.73. The van der Waals surface area contributed by atoms with Gasteiger partial charge < -0.3 is 14.4 Å². The molecule has 0 unspecified atom stereocenters. The van der Waals surface area contributed by atoms with Crippen LogP contribution in [0.2, 0.25) is 0 Å². The number of allylic oxidation sites excluding steroid dienone is 2. The summed E-state index contributed by atoms with van der Waals surface area (Å²) in [5, 5.41) is 8.83. The molecule has 2 rings (SSSR count). The number of aryl methyl sites for hydroxylation is 1. The number of pyridine rings is 1. The van der Waals surface area contributed by atoms with E-state index in [0.717, 1.165) is 12.8 Å². The maximum atomic E-state index is 12.6. The molecular weight excluding hydrogens is 306 g/mol. The minimum absolute atomic E-state index is 0.0788. The van der Waals surface area contributed by atoms with E-state index < -0.39 is 11.6 Å². The van der Waals surface area contributed by atoms with Crippen molar-refractivity contribution in [2.45, 2.75) is 59.1 Å². The number of aromatic nitrogens is 1. The number of ether oxygens (including phenoxy) is 1. The summed E-state index contributed by atoms with van der Waals surface area (Å²) in [6.07, 6.45) is 7.56. The Labute approximate surface area is 142 Å². The van der Waals surface area contributed by atoms with Crippen molar-refractivity contribution in [2.75, 3.05) is 0 Å². The lowest BCUT2D eigenvalue weighted by molar-refractivity contribution is -0.137. The van der Waals surface area contributed by atoms with E-state index in [0.29, 0.717) is 17.0 Å². The van der Waals surface area contributed by atoms with Gasteiger partial charge in [-0.05, 0) is 52.7 Å². The summed E-state index contributed by atoms with van der Waals surface area (Å²) in [7, 11) is 0. The van der Waals surface area contributed by atoms with Crippen LogP contribution < -0.4 is 10.3 Å². The topological polar surface area (TPSA) is 68.5 Å². The fraction of sp³-hybridized carbons (Fsp3) is 0.474. The fourth-order valence-electron chi connectivity index (χ4n) is 2.81. The predicted molar refractivity (Wildman–Crippen MR) is 94.4 cm³/mol. The number of hydrogen-bond donors (Lipinski definition) is 1. The molecule has 24 heavy (non-hydrogen) atoms. The molecule has 0 saturated heterocycles. The monoisotopic (exact) mass is 331 g/mol. The van der Waals surface area contributed by atoms with Crippen LogP contribution in [0.4, 0.5) is 0 Å². The van der Waals surface area contributed by atoms with Crippen molar-refractivity contribution >= 4 is 12.0 Å². The average Bonchev–Trinajstić information content (AvgIpc) is 2.45. The number of hydrogen-bond acceptors (Lipinski definition) is 3. The van der Waals surface area contributed by atoms with Crippen LogP contribution in [0.1, 0.15) is 51.3 Å². The molecule has 1 atom stereocenters. The molecule has 2 heterocycles. The summed E-state index contributed by atoms with van der Waals surface area (Å²) in [6.45, 7) is 8.11. The van der Waals surface area contributed by atoms with E-state index in [1.807, 2.05) is 19.1 Å². The normalized spacial score (nSPS) is 18.7. The second kappa shape index (κ2) is 7.07. The Morgan fingerprint density at radius 1 is 1.42 bits per heavy atom. The summed E-state index contributed by atoms with van der Waals surface area (Å²) in [6, 6.07) is 1.82. The maximum absolute atomic E-state index is 12.6. The van der Waals surface area contributed by atoms with Gasteiger partial charge in [0.25, 0.3) is 5.56 Å². The maximum Gasteiger partial charge on any atom is 0.305 e. The Hall–Kier alpha value is -2.30. The molecule has 0 bridgehead atoms. The van der Waals surface area contributed by atoms with Crippen LogP contribution in [-0.2, 0) is 11.3 Å². The molecule has 0 radical (unpaired) electrons. The van der Waals surface area contributed by atoms with E-state index in [1.54, 1.807) is 13.0 Å². The summed E-state index contributed by atoms with van der Waals surface area (Å²) in [5.41, 5.74) is 1.84. The molecule has 0 aliphatic carbocycles. The molecule has 5 nitrogen and oxygen atoms in total. The minimum atomic E-state index is -0.919. The van der Waals surface area contributed by atoms with Crippen molar-refractivity contribution in [3.8, 4) is 5.75 Å². The van der Waals surface area contributed by atoms with Gasteiger partial charge in [0.1, 0.15) is 11.4 Å². The van der Waals surface area contributed by atoms with Crippen LogP contribution in [0.15, 0.2) is 28.6 Å². The lowest BCUT2D eigenvalue weighted by Gasteiger charge is -2.32. The van der Waals surface area contributed by atoms with Gasteiger partial charge in [-0.1, -0.05) is 11.6 Å². The number of nitrogens with zero attached hydrogens (tertiary/aromatic N) is 1. The smallest absolute Gasteiger partial charge is 0.305 e. The summed E-state index contributed by atoms with van der Waals surface area (Å²) >= 11 is 0. The number of aliphatic carboxylic acids is 1. The SMILES string of the molecule is CC(C)=CCC[C@]1(C)C=Cc2c(cc(C)n(CCC(=O)O)c2=O)O1. The third-order valence-corrected chi connectivity index (χ3v) is 4.20. The first-order chi connectivity index (χ1) is 11.2. The zero-order valence-corrected chi connectivity index (χ0v) is 14.8. The van der Waals surface area contributed by atoms with Gasteiger partial charge in [-0.15, -0.1) is 0 Å². The van der Waals surface area contributed by atoms with E-state index in [2.05, 4.69) is 19.9 Å². The van der Waals surface area contributed by atoms with Gasteiger partial charge in [-0.3, -0.25) is 9.59 Å². The van der Waals surface area contributed by atoms with Crippen LogP contribution in [0.25, 0.3) is 6.08 Å². The van der Waals surface area contributed by atoms with E-state index in [4.69, 9.17) is 9.84 Å². The molecule has 1 aliphatic rings. The number of carbonyl (C=O) groups is 1. The van der Waals surface area contributed by atoms with Gasteiger partial charge in [-0.2, -0.15) is 0 Å². The molecule has 1 aromatic heterocycles. The van der Waals surface area contributed by atoms with Crippen LogP contribution in [0.3, 0.4) is 0 Å². The summed E-state index contributed by atoms with van der Waals surface area (Å²) in [5.74, 6) is -0.344. The van der Waals surface area contributed by atoms with E-state index in [9.17, 15) is 9.59 Å². The zero-order valence-electron chi connectivity index (χ0n) is 14.8. The molecule has 0 aromatic carbocycles. The molecule has 0 fully saturated rings. The Balaban J connectivity index is 2.27. The number of carboxylic acids is 1. The Bertz CT molecular complexity index is 753. The minimum Gasteiger partial charge on any atom is -0.483 e. The highest BCUT2D eigenvalue weighted by atomic mass is 16.5. The van der Waals surface area contributed by atoms with Gasteiger partial charge in [0.05, 0.1) is 12.0 Å². The average molecular weight is 331 g/mol. The molecule has 5 heteroatoms. The van der Waals surface area contributed by atoms with Crippen molar-refractivity contribution in [1.82, 2.24) is 4.57 Å². The van der Waals surface area contributed by atoms with Crippen LogP contribution in [0, 0.1) is 6.92 Å². The molecule has 0 saturated carbocycles. The van der Waals surface area contributed by atoms with Crippen LogP contribution in [0.5, 0.6) is 5.75 Å². The first-order valence-corrected chi connectivity index (χ1v) is 8.20. The first kappa shape index (κ1) is 18.0. The van der Waals surface area contributed by atoms with Crippen molar-refractivity contribution in [1.29, 1.82) is 0 Å². The molecule has 1 aromatic rings. The van der Waals surface area contributed by atoms with Gasteiger partial charge >= 0.3 is 5.97 Å². The Kier molecular flexibility index (Phi) is 5.32. The molecule has 0 amide bonds. The second-order valence-electron chi connectivity index (χ2n) is 6.73. The highest BCUT2D eigenvalue weighted by molar-refractivity contribution is 5.66. The van der Waals surface area contributed by atoms with Gasteiger partial charge in [0.15, 0.2) is 0 Å². The van der Waals surface area contributed by atoms with Crippen molar-refractivity contribution in [2.24, 2.45) is 0 Å². The van der Waals surface area contributed by atoms with Crippen LogP contribution >= 0.6 is 0 Å². The van der Waals surface area contributed by atoms with E-state index >= 15 is 0 Å². The molecule has 0 spiro atoms. The number of rotatable bonds is 6. The van der Waals surface area contributed by atoms with E-state index in [1.165, 1.54) is 10.1 Å². The number of carboxylic acid groups (broad SMARTS) is 1. The highest BCUT2D eigenvalue weighted by Crippen LogP contribution is 2.32. The Morgan fingerprint density at radius 2 is 2.12 bits per heavy atom. The zero-order chi connectivity index (χ0) is 17.9. The third kappa shape index (κ3) is 4.16. The molecule has 130 valence electrons. The molecule has 1 aliphatic heterocycles. The number of fused-ring (bicyclic) bond motifs is 1. The molecular formula is C19H25NO4. The first-order valence-electron chi connectivity index (χ1n) is 8.20. The lowest BCUT2D eigenvalue weighted by Crippen LogP contribution is -2.35. The Morgan fingerprint density at radius 3 is 2.75 bits per heavy atom. The summed E-state index contributed by atoms with van der Waals surface area (Å²) < 4.78 is 7.59. The van der Waals surface area contributed by atoms with Gasteiger partial charge in [0, 0.05) is 18.3 Å². The quantitative estimate of drug-likeness (QED) is 0.810. The van der Waals surface area contributed by atoms with Crippen molar-refractivity contribution in [3.63, 3.8) is 0 Å². The van der Waals surface area contributed by atoms with Crippen molar-refractivity contribution < 1.29 is 14.6 Å². The van der Waals surface area contributed by atoms with Crippen molar-refractivity contribution in [3.05, 3.63) is 45.4 Å². The predicted octanol–water partition coefficient (Wildman–Crippen LogP) is 3.54. The fourth-order valence-corrected chi connectivity index (χ4v) is 2.81. The molecule has 1 N–H and O–H groups in total. The van der Waals surface area contributed by atoms with E-state index in [-0.39, 0.29) is 18.5 Å². The van der Waals surface area contributed by atoms with Crippen LogP contribution in [-0.4, -0.2) is 21.2 Å². The lowest BCUT2D eigenvalue weighted by atomic mass is 9.95. The van der Waals surface area contributed by atoms with Gasteiger partial charge in [-0.25, -0.2) is 0 Å². The van der Waals surface area contributed by atoms with Gasteiger partial charge in [0.2, 0.25) is 0 Å². The standard InChI is InChI=1S/C19H25NO4/c1-13(2)6-5-9-19(4)10-7-15-16(24-19)12-14(3)20(18(15)23)11-8-17(21)22/h6-7,10,12H,5,8-9,11H2,1-4H3,(H,21,22)/t19-/m1/s1. The highest BCUT2D eigenvalue weighted by Gasteiger charge is 2.28. The summed E-state index contributed by atoms with van der Waals surface area (Å²) in [4.78, 5) is 23.3. The third-order valence-electron chi connectivity index (χ3n) is 4.20.